The van der Waals surface area contributed by atoms with E-state index < -0.39 is 0 Å². The van der Waals surface area contributed by atoms with Crippen molar-refractivity contribution < 1.29 is 15.0 Å². The van der Waals surface area contributed by atoms with Crippen molar-refractivity contribution in [3.05, 3.63) is 64.7 Å². The third-order valence-electron chi connectivity index (χ3n) is 5.06. The van der Waals surface area contributed by atoms with Crippen LogP contribution in [0.15, 0.2) is 48.5 Å². The standard InChI is InChI=1S/C21H26ClN3O/c1-16(18-6-8-19(22)9-7-18)23-14-21(26)24-20-10-4-17(5-11-20)15-25-12-2-3-13-25/h4-11,16,23H,2-3,12-15H2,1H3,(H,24,26)/p+2/t16-/m0/s1. The molecule has 0 radical (unpaired) electrons. The SMILES string of the molecule is C[C@H]([NH2+]CC(=O)Nc1ccc(C[NH+]2CCCC2)cc1)c1ccc(Cl)cc1. The van der Waals surface area contributed by atoms with Gasteiger partial charge in [0.2, 0.25) is 0 Å². The van der Waals surface area contributed by atoms with Crippen molar-refractivity contribution in [1.82, 2.24) is 0 Å². The minimum atomic E-state index is 0.0173. The van der Waals surface area contributed by atoms with Crippen molar-refractivity contribution >= 4 is 23.2 Å². The molecule has 1 atom stereocenters. The fourth-order valence-electron chi connectivity index (χ4n) is 3.44. The highest BCUT2D eigenvalue weighted by molar-refractivity contribution is 6.30. The maximum atomic E-state index is 12.2. The quantitative estimate of drug-likeness (QED) is 0.680. The normalized spacial score (nSPS) is 15.8. The summed E-state index contributed by atoms with van der Waals surface area (Å²) in [7, 11) is 0. The Morgan fingerprint density at radius 1 is 1.12 bits per heavy atom. The van der Waals surface area contributed by atoms with Crippen LogP contribution in [0.1, 0.15) is 36.9 Å². The number of carbonyl (C=O) groups is 1. The molecule has 2 aromatic carbocycles. The Labute approximate surface area is 160 Å². The van der Waals surface area contributed by atoms with Crippen LogP contribution in [0.4, 0.5) is 5.69 Å². The molecule has 0 aliphatic carbocycles. The molecule has 1 amide bonds. The highest BCUT2D eigenvalue weighted by Gasteiger charge is 2.15. The molecule has 0 bridgehead atoms. The van der Waals surface area contributed by atoms with E-state index in [1.165, 1.54) is 31.5 Å². The second-order valence-corrected chi connectivity index (χ2v) is 7.60. The summed E-state index contributed by atoms with van der Waals surface area (Å²) in [4.78, 5) is 13.9. The smallest absolute Gasteiger partial charge is 0.279 e. The zero-order valence-electron chi connectivity index (χ0n) is 15.3. The van der Waals surface area contributed by atoms with Crippen LogP contribution in [-0.2, 0) is 11.3 Å². The van der Waals surface area contributed by atoms with E-state index in [1.54, 1.807) is 4.90 Å². The van der Waals surface area contributed by atoms with E-state index in [9.17, 15) is 4.79 Å². The minimum Gasteiger partial charge on any atom is -0.333 e. The number of nitrogens with two attached hydrogens (primary N) is 1. The molecule has 138 valence electrons. The Hall–Kier alpha value is -1.88. The van der Waals surface area contributed by atoms with Gasteiger partial charge in [0.1, 0.15) is 12.6 Å². The minimum absolute atomic E-state index is 0.0173. The molecule has 5 heteroatoms. The lowest BCUT2D eigenvalue weighted by molar-refractivity contribution is -0.901. The van der Waals surface area contributed by atoms with Gasteiger partial charge in [-0.1, -0.05) is 35.9 Å². The maximum Gasteiger partial charge on any atom is 0.279 e. The van der Waals surface area contributed by atoms with Gasteiger partial charge >= 0.3 is 0 Å². The van der Waals surface area contributed by atoms with Crippen molar-refractivity contribution in [2.45, 2.75) is 32.4 Å². The Kier molecular flexibility index (Phi) is 6.67. The van der Waals surface area contributed by atoms with Crippen LogP contribution < -0.4 is 15.5 Å². The molecule has 1 fully saturated rings. The third kappa shape index (κ3) is 5.56. The van der Waals surface area contributed by atoms with Crippen molar-refractivity contribution in [3.8, 4) is 0 Å². The highest BCUT2D eigenvalue weighted by Crippen LogP contribution is 2.13. The van der Waals surface area contributed by atoms with Gasteiger partial charge in [0, 0.05) is 34.7 Å². The Morgan fingerprint density at radius 3 is 2.42 bits per heavy atom. The first kappa shape index (κ1) is 18.9. The number of benzene rings is 2. The Bertz CT molecular complexity index is 709. The monoisotopic (exact) mass is 373 g/mol. The zero-order valence-corrected chi connectivity index (χ0v) is 16.1. The number of amides is 1. The fraction of sp³-hybridized carbons (Fsp3) is 0.381. The molecular weight excluding hydrogens is 346 g/mol. The van der Waals surface area contributed by atoms with Crippen LogP contribution in [0, 0.1) is 0 Å². The van der Waals surface area contributed by atoms with Crippen LogP contribution >= 0.6 is 11.6 Å². The average Bonchev–Trinajstić information content (AvgIpc) is 3.15. The van der Waals surface area contributed by atoms with E-state index in [1.807, 2.05) is 41.7 Å². The molecule has 4 N–H and O–H groups in total. The van der Waals surface area contributed by atoms with Crippen molar-refractivity contribution in [1.29, 1.82) is 0 Å². The zero-order chi connectivity index (χ0) is 18.4. The summed E-state index contributed by atoms with van der Waals surface area (Å²) in [5, 5.41) is 5.74. The number of quaternary nitrogens is 2. The number of carbonyl (C=O) groups excluding carboxylic acids is 1. The lowest BCUT2D eigenvalue weighted by Gasteiger charge is -2.13. The van der Waals surface area contributed by atoms with E-state index in [0.717, 1.165) is 22.8 Å². The molecule has 0 spiro atoms. The average molecular weight is 374 g/mol. The highest BCUT2D eigenvalue weighted by atomic mass is 35.5. The van der Waals surface area contributed by atoms with Gasteiger partial charge in [0.15, 0.2) is 6.54 Å². The molecule has 1 heterocycles. The van der Waals surface area contributed by atoms with Gasteiger partial charge in [0.25, 0.3) is 5.91 Å². The second kappa shape index (κ2) is 9.17. The first-order chi connectivity index (χ1) is 12.6. The van der Waals surface area contributed by atoms with Gasteiger partial charge in [-0.2, -0.15) is 0 Å². The van der Waals surface area contributed by atoms with Gasteiger partial charge in [-0.05, 0) is 31.2 Å². The molecule has 0 saturated carbocycles. The summed E-state index contributed by atoms with van der Waals surface area (Å²) >= 11 is 5.92. The molecule has 1 saturated heterocycles. The lowest BCUT2D eigenvalue weighted by Crippen LogP contribution is -3.08. The van der Waals surface area contributed by atoms with Crippen molar-refractivity contribution in [2.24, 2.45) is 0 Å². The van der Waals surface area contributed by atoms with Crippen molar-refractivity contribution in [3.63, 3.8) is 0 Å². The summed E-state index contributed by atoms with van der Waals surface area (Å²) in [5.41, 5.74) is 3.36. The van der Waals surface area contributed by atoms with E-state index >= 15 is 0 Å². The van der Waals surface area contributed by atoms with Crippen LogP contribution in [0.25, 0.3) is 0 Å². The van der Waals surface area contributed by atoms with E-state index in [0.29, 0.717) is 6.54 Å². The summed E-state index contributed by atoms with van der Waals surface area (Å²) in [6.45, 7) is 6.12. The summed E-state index contributed by atoms with van der Waals surface area (Å²) in [6.07, 6.45) is 2.68. The first-order valence-corrected chi connectivity index (χ1v) is 9.79. The maximum absolute atomic E-state index is 12.2. The van der Waals surface area contributed by atoms with E-state index in [2.05, 4.69) is 24.4 Å². The van der Waals surface area contributed by atoms with E-state index in [4.69, 9.17) is 11.6 Å². The number of anilines is 1. The van der Waals surface area contributed by atoms with Gasteiger partial charge in [-0.15, -0.1) is 0 Å². The molecule has 0 unspecified atom stereocenters. The predicted octanol–water partition coefficient (Wildman–Crippen LogP) is 1.78. The fourth-order valence-corrected chi connectivity index (χ4v) is 3.57. The number of hydrogen-bond donors (Lipinski definition) is 3. The first-order valence-electron chi connectivity index (χ1n) is 9.41. The molecule has 4 nitrogen and oxygen atoms in total. The van der Waals surface area contributed by atoms with E-state index in [-0.39, 0.29) is 11.9 Å². The molecule has 26 heavy (non-hydrogen) atoms. The van der Waals surface area contributed by atoms with Gasteiger partial charge < -0.3 is 15.5 Å². The third-order valence-corrected chi connectivity index (χ3v) is 5.31. The molecule has 0 aromatic heterocycles. The van der Waals surface area contributed by atoms with Crippen molar-refractivity contribution in [2.75, 3.05) is 25.0 Å². The molecule has 1 aliphatic rings. The number of hydrogen-bond acceptors (Lipinski definition) is 1. The molecule has 2 aromatic rings. The largest absolute Gasteiger partial charge is 0.333 e. The Balaban J connectivity index is 1.44. The summed E-state index contributed by atoms with van der Waals surface area (Å²) < 4.78 is 0. The topological polar surface area (TPSA) is 50.1 Å². The van der Waals surface area contributed by atoms with Crippen LogP contribution in [-0.4, -0.2) is 25.5 Å². The van der Waals surface area contributed by atoms with Gasteiger partial charge in [-0.25, -0.2) is 0 Å². The molecule has 3 rings (SSSR count). The van der Waals surface area contributed by atoms with Gasteiger partial charge in [0.05, 0.1) is 13.1 Å². The summed E-state index contributed by atoms with van der Waals surface area (Å²) in [6, 6.07) is 16.2. The number of likely N-dealkylation sites (tertiary alicyclic amines) is 1. The predicted molar refractivity (Wildman–Crippen MR) is 105 cm³/mol. The number of rotatable bonds is 7. The Morgan fingerprint density at radius 2 is 1.77 bits per heavy atom. The molecular formula is C21H28ClN3O+2. The number of nitrogens with one attached hydrogen (secondary N) is 2. The van der Waals surface area contributed by atoms with Crippen LogP contribution in [0.5, 0.6) is 0 Å². The number of halogens is 1. The van der Waals surface area contributed by atoms with Crippen LogP contribution in [0.2, 0.25) is 5.02 Å². The lowest BCUT2D eigenvalue weighted by atomic mass is 10.1. The van der Waals surface area contributed by atoms with Crippen LogP contribution in [0.3, 0.4) is 0 Å². The summed E-state index contributed by atoms with van der Waals surface area (Å²) in [5.74, 6) is 0.0173. The second-order valence-electron chi connectivity index (χ2n) is 7.16. The molecule has 1 aliphatic heterocycles. The van der Waals surface area contributed by atoms with Gasteiger partial charge in [-0.3, -0.25) is 4.79 Å².